The molecule has 1 aromatic carbocycles. The normalized spacial score (nSPS) is 20.7. The SMILES string of the molecule is OCCNC1CCCN(Cc2ccc(F)c(F)c2)C1. The zero-order valence-corrected chi connectivity index (χ0v) is 10.9. The molecule has 1 heterocycles. The van der Waals surface area contributed by atoms with E-state index < -0.39 is 11.6 Å². The Kier molecular flexibility index (Phi) is 5.24. The lowest BCUT2D eigenvalue weighted by molar-refractivity contribution is 0.176. The van der Waals surface area contributed by atoms with Crippen LogP contribution in [-0.4, -0.2) is 42.3 Å². The van der Waals surface area contributed by atoms with Crippen molar-refractivity contribution < 1.29 is 13.9 Å². The zero-order valence-electron chi connectivity index (χ0n) is 10.9. The third-order valence-corrected chi connectivity index (χ3v) is 3.44. The van der Waals surface area contributed by atoms with Gasteiger partial charge >= 0.3 is 0 Å². The Morgan fingerprint density at radius 2 is 2.16 bits per heavy atom. The van der Waals surface area contributed by atoms with Crippen LogP contribution in [0.4, 0.5) is 8.78 Å². The Labute approximate surface area is 112 Å². The fraction of sp³-hybridized carbons (Fsp3) is 0.571. The molecule has 19 heavy (non-hydrogen) atoms. The molecule has 1 saturated heterocycles. The summed E-state index contributed by atoms with van der Waals surface area (Å²) in [5, 5.41) is 12.1. The Hall–Kier alpha value is -1.04. The highest BCUT2D eigenvalue weighted by Gasteiger charge is 2.19. The largest absolute Gasteiger partial charge is 0.395 e. The molecule has 2 rings (SSSR count). The lowest BCUT2D eigenvalue weighted by Gasteiger charge is -2.33. The highest BCUT2D eigenvalue weighted by atomic mass is 19.2. The third-order valence-electron chi connectivity index (χ3n) is 3.44. The summed E-state index contributed by atoms with van der Waals surface area (Å²) in [4.78, 5) is 2.23. The highest BCUT2D eigenvalue weighted by Crippen LogP contribution is 2.15. The van der Waals surface area contributed by atoms with Crippen molar-refractivity contribution in [2.45, 2.75) is 25.4 Å². The molecular weight excluding hydrogens is 250 g/mol. The van der Waals surface area contributed by atoms with Crippen LogP contribution in [0.2, 0.25) is 0 Å². The Morgan fingerprint density at radius 3 is 2.89 bits per heavy atom. The monoisotopic (exact) mass is 270 g/mol. The quantitative estimate of drug-likeness (QED) is 0.851. The predicted octanol–water partition coefficient (Wildman–Crippen LogP) is 1.51. The average molecular weight is 270 g/mol. The number of rotatable bonds is 5. The first-order valence-corrected chi connectivity index (χ1v) is 6.69. The average Bonchev–Trinajstić information content (AvgIpc) is 2.41. The zero-order chi connectivity index (χ0) is 13.7. The molecule has 1 aliphatic heterocycles. The molecule has 0 radical (unpaired) electrons. The van der Waals surface area contributed by atoms with Crippen LogP contribution in [0.5, 0.6) is 0 Å². The number of likely N-dealkylation sites (tertiary alicyclic amines) is 1. The predicted molar refractivity (Wildman–Crippen MR) is 69.7 cm³/mol. The minimum Gasteiger partial charge on any atom is -0.395 e. The minimum atomic E-state index is -0.801. The van der Waals surface area contributed by atoms with Gasteiger partial charge in [0.25, 0.3) is 0 Å². The van der Waals surface area contributed by atoms with E-state index in [4.69, 9.17) is 5.11 Å². The van der Waals surface area contributed by atoms with Gasteiger partial charge in [0.1, 0.15) is 0 Å². The standard InChI is InChI=1S/C14H20F2N2O/c15-13-4-3-11(8-14(13)16)9-18-6-1-2-12(10-18)17-5-7-19/h3-4,8,12,17,19H,1-2,5-7,9-10H2. The molecule has 0 saturated carbocycles. The molecular formula is C14H20F2N2O. The first-order valence-electron chi connectivity index (χ1n) is 6.69. The first-order chi connectivity index (χ1) is 9.19. The molecule has 0 bridgehead atoms. The van der Waals surface area contributed by atoms with Gasteiger partial charge < -0.3 is 10.4 Å². The highest BCUT2D eigenvalue weighted by molar-refractivity contribution is 5.17. The molecule has 0 amide bonds. The van der Waals surface area contributed by atoms with Gasteiger partial charge in [-0.05, 0) is 37.1 Å². The first kappa shape index (κ1) is 14.4. The molecule has 1 aromatic rings. The number of nitrogens with zero attached hydrogens (tertiary/aromatic N) is 1. The van der Waals surface area contributed by atoms with Crippen LogP contribution in [-0.2, 0) is 6.54 Å². The van der Waals surface area contributed by atoms with Crippen LogP contribution in [0.25, 0.3) is 0 Å². The van der Waals surface area contributed by atoms with Crippen molar-refractivity contribution in [3.05, 3.63) is 35.4 Å². The molecule has 0 spiro atoms. The van der Waals surface area contributed by atoms with E-state index in [0.29, 0.717) is 19.1 Å². The van der Waals surface area contributed by atoms with Gasteiger partial charge in [0, 0.05) is 25.7 Å². The van der Waals surface area contributed by atoms with Crippen LogP contribution < -0.4 is 5.32 Å². The second-order valence-electron chi connectivity index (χ2n) is 5.00. The van der Waals surface area contributed by atoms with E-state index in [9.17, 15) is 8.78 Å². The van der Waals surface area contributed by atoms with Crippen molar-refractivity contribution in [1.29, 1.82) is 0 Å². The van der Waals surface area contributed by atoms with Gasteiger partial charge in [0.2, 0.25) is 0 Å². The number of piperidine rings is 1. The molecule has 1 atom stereocenters. The van der Waals surface area contributed by atoms with E-state index in [1.165, 1.54) is 12.1 Å². The summed E-state index contributed by atoms with van der Waals surface area (Å²) in [6.45, 7) is 3.22. The molecule has 1 unspecified atom stereocenters. The molecule has 2 N–H and O–H groups in total. The maximum Gasteiger partial charge on any atom is 0.159 e. The second-order valence-corrected chi connectivity index (χ2v) is 5.00. The van der Waals surface area contributed by atoms with Gasteiger partial charge in [-0.1, -0.05) is 6.07 Å². The van der Waals surface area contributed by atoms with E-state index in [-0.39, 0.29) is 6.61 Å². The number of halogens is 2. The molecule has 5 heteroatoms. The van der Waals surface area contributed by atoms with Crippen molar-refractivity contribution in [3.63, 3.8) is 0 Å². The Morgan fingerprint density at radius 1 is 1.32 bits per heavy atom. The fourth-order valence-corrected chi connectivity index (χ4v) is 2.53. The third kappa shape index (κ3) is 4.23. The van der Waals surface area contributed by atoms with E-state index in [0.717, 1.165) is 31.5 Å². The maximum absolute atomic E-state index is 13.1. The van der Waals surface area contributed by atoms with Crippen molar-refractivity contribution in [2.75, 3.05) is 26.2 Å². The number of benzene rings is 1. The summed E-state index contributed by atoms with van der Waals surface area (Å²) in [6.07, 6.45) is 2.17. The smallest absolute Gasteiger partial charge is 0.159 e. The topological polar surface area (TPSA) is 35.5 Å². The summed E-state index contributed by atoms with van der Waals surface area (Å²) in [5.74, 6) is -1.59. The summed E-state index contributed by atoms with van der Waals surface area (Å²) in [5.41, 5.74) is 0.793. The van der Waals surface area contributed by atoms with Gasteiger partial charge in [-0.3, -0.25) is 4.90 Å². The van der Waals surface area contributed by atoms with E-state index in [1.807, 2.05) is 0 Å². The van der Waals surface area contributed by atoms with Crippen LogP contribution in [0.3, 0.4) is 0 Å². The van der Waals surface area contributed by atoms with Gasteiger partial charge in [-0.15, -0.1) is 0 Å². The van der Waals surface area contributed by atoms with Crippen LogP contribution in [0, 0.1) is 11.6 Å². The summed E-state index contributed by atoms with van der Waals surface area (Å²) in [6, 6.07) is 4.44. The van der Waals surface area contributed by atoms with Crippen molar-refractivity contribution >= 4 is 0 Å². The number of nitrogens with one attached hydrogen (secondary N) is 1. The molecule has 1 aliphatic rings. The minimum absolute atomic E-state index is 0.139. The van der Waals surface area contributed by atoms with E-state index in [1.54, 1.807) is 6.07 Å². The number of hydrogen-bond donors (Lipinski definition) is 2. The van der Waals surface area contributed by atoms with Gasteiger partial charge in [0.05, 0.1) is 6.61 Å². The molecule has 1 fully saturated rings. The second kappa shape index (κ2) is 6.93. The summed E-state index contributed by atoms with van der Waals surface area (Å²) < 4.78 is 26.0. The van der Waals surface area contributed by atoms with Crippen molar-refractivity contribution in [3.8, 4) is 0 Å². The lowest BCUT2D eigenvalue weighted by atomic mass is 10.0. The van der Waals surface area contributed by atoms with Crippen molar-refractivity contribution in [2.24, 2.45) is 0 Å². The fourth-order valence-electron chi connectivity index (χ4n) is 2.53. The van der Waals surface area contributed by atoms with E-state index >= 15 is 0 Å². The van der Waals surface area contributed by atoms with E-state index in [2.05, 4.69) is 10.2 Å². The maximum atomic E-state index is 13.1. The molecule has 0 aromatic heterocycles. The van der Waals surface area contributed by atoms with Gasteiger partial charge in [-0.2, -0.15) is 0 Å². The van der Waals surface area contributed by atoms with Crippen LogP contribution in [0.15, 0.2) is 18.2 Å². The van der Waals surface area contributed by atoms with Gasteiger partial charge in [-0.25, -0.2) is 8.78 Å². The molecule has 3 nitrogen and oxygen atoms in total. The summed E-state index contributed by atoms with van der Waals surface area (Å²) >= 11 is 0. The molecule has 0 aliphatic carbocycles. The number of aliphatic hydroxyl groups excluding tert-OH is 1. The number of hydrogen-bond acceptors (Lipinski definition) is 3. The lowest BCUT2D eigenvalue weighted by Crippen LogP contribution is -2.46. The van der Waals surface area contributed by atoms with Crippen LogP contribution >= 0.6 is 0 Å². The summed E-state index contributed by atoms with van der Waals surface area (Å²) in [7, 11) is 0. The number of aliphatic hydroxyl groups is 1. The van der Waals surface area contributed by atoms with Crippen LogP contribution in [0.1, 0.15) is 18.4 Å². The van der Waals surface area contributed by atoms with Gasteiger partial charge in [0.15, 0.2) is 11.6 Å². The van der Waals surface area contributed by atoms with Crippen molar-refractivity contribution in [1.82, 2.24) is 10.2 Å². The molecule has 106 valence electrons. The Bertz CT molecular complexity index is 414. The Balaban J connectivity index is 1.89.